The molecule has 0 atom stereocenters. The molecule has 0 aliphatic carbocycles. The second-order valence-corrected chi connectivity index (χ2v) is 4.18. The molecule has 2 aromatic rings. The summed E-state index contributed by atoms with van der Waals surface area (Å²) in [5.41, 5.74) is 1.86. The topological polar surface area (TPSA) is 69.2 Å². The summed E-state index contributed by atoms with van der Waals surface area (Å²) >= 11 is 0. The lowest BCUT2D eigenvalue weighted by atomic mass is 10.3. The van der Waals surface area contributed by atoms with Crippen LogP contribution in [0.1, 0.15) is 11.5 Å². The molecule has 1 N–H and O–H groups in total. The average molecular weight is 274 g/mol. The first-order chi connectivity index (χ1) is 9.78. The average Bonchev–Trinajstić information content (AvgIpc) is 2.47. The van der Waals surface area contributed by atoms with Gasteiger partial charge in [0.15, 0.2) is 0 Å². The summed E-state index contributed by atoms with van der Waals surface area (Å²) in [5.74, 6) is 1.36. The fraction of sp³-hybridized carbons (Fsp3) is 0.357. The Balaban J connectivity index is 1.84. The van der Waals surface area contributed by atoms with Gasteiger partial charge in [-0.15, -0.1) is 0 Å². The molecule has 20 heavy (non-hydrogen) atoms. The number of nitrogens with zero attached hydrogens (tertiary/aromatic N) is 3. The maximum Gasteiger partial charge on any atom is 0.213 e. The van der Waals surface area contributed by atoms with Crippen molar-refractivity contribution in [3.63, 3.8) is 0 Å². The van der Waals surface area contributed by atoms with Gasteiger partial charge in [0, 0.05) is 19.4 Å². The highest BCUT2D eigenvalue weighted by Gasteiger charge is 1.99. The number of rotatable bonds is 7. The van der Waals surface area contributed by atoms with Crippen molar-refractivity contribution in [2.45, 2.75) is 13.5 Å². The van der Waals surface area contributed by atoms with Gasteiger partial charge in [0.2, 0.25) is 5.88 Å². The molecule has 0 aliphatic heterocycles. The molecule has 0 unspecified atom stereocenters. The van der Waals surface area contributed by atoms with Gasteiger partial charge in [-0.05, 0) is 19.1 Å². The van der Waals surface area contributed by atoms with Crippen LogP contribution in [0.15, 0.2) is 30.6 Å². The zero-order valence-corrected chi connectivity index (χ0v) is 11.7. The van der Waals surface area contributed by atoms with E-state index in [4.69, 9.17) is 9.47 Å². The molecule has 0 saturated carbocycles. The fourth-order valence-electron chi connectivity index (χ4n) is 1.60. The highest BCUT2D eigenvalue weighted by atomic mass is 16.5. The smallest absolute Gasteiger partial charge is 0.213 e. The Morgan fingerprint density at radius 3 is 2.75 bits per heavy atom. The predicted octanol–water partition coefficient (Wildman–Crippen LogP) is 1.82. The number of nitrogens with one attached hydrogen (secondary N) is 1. The number of hydrogen-bond donors (Lipinski definition) is 1. The maximum atomic E-state index is 5.40. The Morgan fingerprint density at radius 2 is 2.05 bits per heavy atom. The van der Waals surface area contributed by atoms with Crippen LogP contribution in [0.4, 0.5) is 5.69 Å². The van der Waals surface area contributed by atoms with Crippen LogP contribution in [0.3, 0.4) is 0 Å². The van der Waals surface area contributed by atoms with Crippen LogP contribution in [-0.2, 0) is 11.3 Å². The molecular weight excluding hydrogens is 256 g/mol. The molecule has 2 heterocycles. The van der Waals surface area contributed by atoms with Gasteiger partial charge >= 0.3 is 0 Å². The number of methoxy groups -OCH3 is 1. The fourth-order valence-corrected chi connectivity index (χ4v) is 1.60. The lowest BCUT2D eigenvalue weighted by molar-refractivity contribution is 0.144. The Hall–Kier alpha value is -2.21. The number of hydrogen-bond acceptors (Lipinski definition) is 6. The van der Waals surface area contributed by atoms with E-state index >= 15 is 0 Å². The number of pyridine rings is 1. The van der Waals surface area contributed by atoms with Crippen LogP contribution in [0.25, 0.3) is 0 Å². The maximum absolute atomic E-state index is 5.40. The van der Waals surface area contributed by atoms with Crippen LogP contribution < -0.4 is 10.1 Å². The Kier molecular flexibility index (Phi) is 5.25. The van der Waals surface area contributed by atoms with Crippen molar-refractivity contribution >= 4 is 5.69 Å². The van der Waals surface area contributed by atoms with Gasteiger partial charge < -0.3 is 14.8 Å². The molecule has 0 spiro atoms. The number of aryl methyl sites for hydroxylation is 1. The summed E-state index contributed by atoms with van der Waals surface area (Å²) in [7, 11) is 1.64. The van der Waals surface area contributed by atoms with Gasteiger partial charge in [0.05, 0.1) is 30.7 Å². The van der Waals surface area contributed by atoms with E-state index in [0.29, 0.717) is 25.6 Å². The number of anilines is 1. The van der Waals surface area contributed by atoms with Crippen LogP contribution in [0, 0.1) is 6.92 Å². The molecule has 0 aromatic carbocycles. The molecule has 6 heteroatoms. The Morgan fingerprint density at radius 1 is 1.15 bits per heavy atom. The first-order valence-electron chi connectivity index (χ1n) is 6.38. The largest absolute Gasteiger partial charge is 0.475 e. The quantitative estimate of drug-likeness (QED) is 0.777. The van der Waals surface area contributed by atoms with E-state index in [2.05, 4.69) is 20.3 Å². The summed E-state index contributed by atoms with van der Waals surface area (Å²) in [5, 5.41) is 3.25. The van der Waals surface area contributed by atoms with Crippen LogP contribution >= 0.6 is 0 Å². The third-order valence-electron chi connectivity index (χ3n) is 2.58. The zero-order chi connectivity index (χ0) is 14.2. The number of ether oxygens (including phenoxy) is 2. The van der Waals surface area contributed by atoms with Crippen molar-refractivity contribution in [2.75, 3.05) is 25.6 Å². The van der Waals surface area contributed by atoms with E-state index < -0.39 is 0 Å². The van der Waals surface area contributed by atoms with Gasteiger partial charge in [-0.2, -0.15) is 0 Å². The molecule has 0 bridgehead atoms. The predicted molar refractivity (Wildman–Crippen MR) is 75.7 cm³/mol. The van der Waals surface area contributed by atoms with E-state index in [1.54, 1.807) is 19.5 Å². The van der Waals surface area contributed by atoms with Gasteiger partial charge in [-0.1, -0.05) is 0 Å². The minimum atomic E-state index is 0.497. The van der Waals surface area contributed by atoms with Gasteiger partial charge in [0.25, 0.3) is 0 Å². The van der Waals surface area contributed by atoms with Gasteiger partial charge in [-0.25, -0.2) is 15.0 Å². The van der Waals surface area contributed by atoms with E-state index in [9.17, 15) is 0 Å². The molecule has 0 amide bonds. The van der Waals surface area contributed by atoms with E-state index in [1.165, 1.54) is 0 Å². The highest BCUT2D eigenvalue weighted by molar-refractivity contribution is 5.42. The van der Waals surface area contributed by atoms with E-state index in [0.717, 1.165) is 17.2 Å². The second kappa shape index (κ2) is 7.40. The summed E-state index contributed by atoms with van der Waals surface area (Å²) in [6, 6.07) is 5.63. The van der Waals surface area contributed by atoms with E-state index in [-0.39, 0.29) is 0 Å². The van der Waals surface area contributed by atoms with Gasteiger partial charge in [-0.3, -0.25) is 0 Å². The second-order valence-electron chi connectivity index (χ2n) is 4.18. The zero-order valence-electron chi connectivity index (χ0n) is 11.7. The minimum Gasteiger partial charge on any atom is -0.475 e. The molecule has 0 radical (unpaired) electrons. The third kappa shape index (κ3) is 4.47. The Labute approximate surface area is 118 Å². The summed E-state index contributed by atoms with van der Waals surface area (Å²) in [6.07, 6.45) is 3.49. The van der Waals surface area contributed by atoms with Crippen LogP contribution in [0.2, 0.25) is 0 Å². The Bertz CT molecular complexity index is 531. The standard InChI is InChI=1S/C14H18N4O2/c1-11-15-6-5-13(18-11)10-16-12-3-4-14(17-9-12)20-8-7-19-2/h3-6,9,16H,7-8,10H2,1-2H3. The molecule has 2 aromatic heterocycles. The van der Waals surface area contributed by atoms with Crippen LogP contribution in [0.5, 0.6) is 5.88 Å². The van der Waals surface area contributed by atoms with Crippen LogP contribution in [-0.4, -0.2) is 35.3 Å². The third-order valence-corrected chi connectivity index (χ3v) is 2.58. The molecule has 0 aliphatic rings. The lowest BCUT2D eigenvalue weighted by Gasteiger charge is -2.08. The van der Waals surface area contributed by atoms with Crippen molar-refractivity contribution in [1.29, 1.82) is 0 Å². The lowest BCUT2D eigenvalue weighted by Crippen LogP contribution is -2.06. The summed E-state index contributed by atoms with van der Waals surface area (Å²) < 4.78 is 10.3. The van der Waals surface area contributed by atoms with E-state index in [1.807, 2.05) is 25.1 Å². The summed E-state index contributed by atoms with van der Waals surface area (Å²) in [4.78, 5) is 12.6. The van der Waals surface area contributed by atoms with Crippen molar-refractivity contribution < 1.29 is 9.47 Å². The monoisotopic (exact) mass is 274 g/mol. The van der Waals surface area contributed by atoms with Crippen molar-refractivity contribution in [3.05, 3.63) is 42.1 Å². The highest BCUT2D eigenvalue weighted by Crippen LogP contribution is 2.12. The summed E-state index contributed by atoms with van der Waals surface area (Å²) in [6.45, 7) is 3.55. The SMILES string of the molecule is COCCOc1ccc(NCc2ccnc(C)n2)cn1. The molecule has 2 rings (SSSR count). The molecular formula is C14H18N4O2. The van der Waals surface area contributed by atoms with Crippen molar-refractivity contribution in [3.8, 4) is 5.88 Å². The molecule has 0 fully saturated rings. The van der Waals surface area contributed by atoms with Gasteiger partial charge in [0.1, 0.15) is 12.4 Å². The first kappa shape index (κ1) is 14.2. The normalized spacial score (nSPS) is 10.3. The number of aromatic nitrogens is 3. The molecule has 6 nitrogen and oxygen atoms in total. The first-order valence-corrected chi connectivity index (χ1v) is 6.38. The molecule has 0 saturated heterocycles. The molecule has 106 valence electrons. The van der Waals surface area contributed by atoms with Crippen molar-refractivity contribution in [1.82, 2.24) is 15.0 Å². The minimum absolute atomic E-state index is 0.497. The van der Waals surface area contributed by atoms with Crippen molar-refractivity contribution in [2.24, 2.45) is 0 Å².